The molecule has 0 unspecified atom stereocenters. The van der Waals surface area contributed by atoms with Gasteiger partial charge in [0.25, 0.3) is 0 Å². The van der Waals surface area contributed by atoms with E-state index in [4.69, 9.17) is 11.6 Å². The van der Waals surface area contributed by atoms with Crippen molar-refractivity contribution in [3.8, 4) is 0 Å². The van der Waals surface area contributed by atoms with Gasteiger partial charge in [-0.1, -0.05) is 11.6 Å². The summed E-state index contributed by atoms with van der Waals surface area (Å²) in [5.74, 6) is -0.362. The molecule has 1 aliphatic carbocycles. The van der Waals surface area contributed by atoms with Crippen molar-refractivity contribution in [2.45, 2.75) is 31.2 Å². The molecule has 1 heterocycles. The molecule has 0 amide bonds. The fraction of sp³-hybridized carbons (Fsp3) is 0.500. The van der Waals surface area contributed by atoms with Crippen molar-refractivity contribution in [1.29, 1.82) is 0 Å². The Balaban J connectivity index is 1.99. The Kier molecular flexibility index (Phi) is 2.25. The third kappa shape index (κ3) is 1.54. The van der Waals surface area contributed by atoms with Crippen molar-refractivity contribution in [3.63, 3.8) is 0 Å². The summed E-state index contributed by atoms with van der Waals surface area (Å²) in [5, 5.41) is 6.97. The number of anilines is 2. The molecule has 0 radical (unpaired) electrons. The van der Waals surface area contributed by atoms with Crippen LogP contribution < -0.4 is 10.6 Å². The van der Waals surface area contributed by atoms with Gasteiger partial charge in [0.2, 0.25) is 0 Å². The molecule has 2 nitrogen and oxygen atoms in total. The van der Waals surface area contributed by atoms with E-state index in [2.05, 4.69) is 10.6 Å². The lowest BCUT2D eigenvalue weighted by Crippen LogP contribution is -2.45. The smallest absolute Gasteiger partial charge is 0.143 e. The predicted molar refractivity (Wildman–Crippen MR) is 64.7 cm³/mol. The maximum absolute atomic E-state index is 13.3. The molecule has 1 aliphatic heterocycles. The lowest BCUT2D eigenvalue weighted by atomic mass is 9.74. The molecule has 0 saturated heterocycles. The standard InChI is InChI=1S/C12H14ClFN2/c13-8-6-11-10(7-9(8)14)15-5-4-12(16-11)2-1-3-12/h6-7,15-16H,1-5H2. The molecule has 86 valence electrons. The average molecular weight is 241 g/mol. The average Bonchev–Trinajstić information content (AvgIpc) is 2.38. The Labute approximate surface area is 99.2 Å². The molecule has 16 heavy (non-hydrogen) atoms. The van der Waals surface area contributed by atoms with Crippen LogP contribution in [0.15, 0.2) is 12.1 Å². The van der Waals surface area contributed by atoms with E-state index in [1.54, 1.807) is 6.07 Å². The Morgan fingerprint density at radius 2 is 2.00 bits per heavy atom. The molecule has 1 aromatic carbocycles. The molecule has 2 N–H and O–H groups in total. The Hall–Kier alpha value is -0.960. The highest BCUT2D eigenvalue weighted by molar-refractivity contribution is 6.31. The van der Waals surface area contributed by atoms with Crippen LogP contribution in [0, 0.1) is 5.82 Å². The van der Waals surface area contributed by atoms with E-state index in [0.717, 1.165) is 24.3 Å². The van der Waals surface area contributed by atoms with Crippen molar-refractivity contribution in [2.24, 2.45) is 0 Å². The number of halogens is 2. The van der Waals surface area contributed by atoms with Gasteiger partial charge in [0.05, 0.1) is 16.4 Å². The van der Waals surface area contributed by atoms with Gasteiger partial charge < -0.3 is 10.6 Å². The van der Waals surface area contributed by atoms with Crippen LogP contribution in [0.1, 0.15) is 25.7 Å². The zero-order valence-electron chi connectivity index (χ0n) is 8.95. The lowest BCUT2D eigenvalue weighted by Gasteiger charge is -2.42. The molecule has 2 aliphatic rings. The summed E-state index contributed by atoms with van der Waals surface area (Å²) in [7, 11) is 0. The fourth-order valence-electron chi connectivity index (χ4n) is 2.56. The van der Waals surface area contributed by atoms with E-state index >= 15 is 0 Å². The van der Waals surface area contributed by atoms with Crippen LogP contribution in [0.2, 0.25) is 5.02 Å². The summed E-state index contributed by atoms with van der Waals surface area (Å²) >= 11 is 5.81. The third-order valence-electron chi connectivity index (χ3n) is 3.69. The quantitative estimate of drug-likeness (QED) is 0.724. The van der Waals surface area contributed by atoms with Crippen LogP contribution in [-0.2, 0) is 0 Å². The molecule has 4 heteroatoms. The number of fused-ring (bicyclic) bond motifs is 1. The molecule has 1 saturated carbocycles. The van der Waals surface area contributed by atoms with E-state index in [-0.39, 0.29) is 16.4 Å². The third-order valence-corrected chi connectivity index (χ3v) is 3.98. The summed E-state index contributed by atoms with van der Waals surface area (Å²) in [6.07, 6.45) is 4.75. The summed E-state index contributed by atoms with van der Waals surface area (Å²) in [5.41, 5.74) is 1.98. The highest BCUT2D eigenvalue weighted by Gasteiger charge is 2.38. The predicted octanol–water partition coefficient (Wildman–Crippen LogP) is 3.63. The number of rotatable bonds is 0. The molecule has 1 fully saturated rings. The fourth-order valence-corrected chi connectivity index (χ4v) is 2.72. The lowest BCUT2D eigenvalue weighted by molar-refractivity contribution is 0.268. The van der Waals surface area contributed by atoms with E-state index in [9.17, 15) is 4.39 Å². The number of benzene rings is 1. The summed E-state index contributed by atoms with van der Waals surface area (Å²) in [4.78, 5) is 0. The Morgan fingerprint density at radius 3 is 2.69 bits per heavy atom. The zero-order valence-corrected chi connectivity index (χ0v) is 9.70. The SMILES string of the molecule is Fc1cc2c(cc1Cl)NC1(CCC1)CCN2. The van der Waals surface area contributed by atoms with Gasteiger partial charge in [0.15, 0.2) is 0 Å². The summed E-state index contributed by atoms with van der Waals surface area (Å²) in [6.45, 7) is 0.890. The van der Waals surface area contributed by atoms with Gasteiger partial charge in [-0.25, -0.2) is 4.39 Å². The van der Waals surface area contributed by atoms with Crippen LogP contribution in [0.5, 0.6) is 0 Å². The van der Waals surface area contributed by atoms with Crippen molar-refractivity contribution >= 4 is 23.0 Å². The summed E-state index contributed by atoms with van der Waals surface area (Å²) < 4.78 is 13.3. The van der Waals surface area contributed by atoms with E-state index in [0.29, 0.717) is 0 Å². The second kappa shape index (κ2) is 3.52. The minimum absolute atomic E-state index is 0.185. The second-order valence-electron chi connectivity index (χ2n) is 4.75. The normalized spacial score (nSPS) is 21.4. The molecule has 3 rings (SSSR count). The van der Waals surface area contributed by atoms with Gasteiger partial charge in [0.1, 0.15) is 5.82 Å². The second-order valence-corrected chi connectivity index (χ2v) is 5.15. The largest absolute Gasteiger partial charge is 0.383 e. The van der Waals surface area contributed by atoms with Gasteiger partial charge in [-0.2, -0.15) is 0 Å². The van der Waals surface area contributed by atoms with Gasteiger partial charge >= 0.3 is 0 Å². The number of nitrogens with one attached hydrogen (secondary N) is 2. The summed E-state index contributed by atoms with van der Waals surface area (Å²) in [6, 6.07) is 3.16. The Morgan fingerprint density at radius 1 is 1.19 bits per heavy atom. The van der Waals surface area contributed by atoms with Crippen LogP contribution >= 0.6 is 11.6 Å². The Bertz CT molecular complexity index is 429. The van der Waals surface area contributed by atoms with Gasteiger partial charge in [-0.3, -0.25) is 0 Å². The molecule has 0 aromatic heterocycles. The first-order chi connectivity index (χ1) is 7.69. The first-order valence-electron chi connectivity index (χ1n) is 5.70. The molecular weight excluding hydrogens is 227 g/mol. The minimum atomic E-state index is -0.362. The molecule has 0 bridgehead atoms. The van der Waals surface area contributed by atoms with E-state index in [1.807, 2.05) is 0 Å². The minimum Gasteiger partial charge on any atom is -0.383 e. The first kappa shape index (κ1) is 10.2. The molecule has 1 spiro atoms. The zero-order chi connectivity index (χ0) is 11.2. The molecule has 1 aromatic rings. The number of hydrogen-bond donors (Lipinski definition) is 2. The van der Waals surface area contributed by atoms with Crippen LogP contribution in [0.4, 0.5) is 15.8 Å². The van der Waals surface area contributed by atoms with Crippen molar-refractivity contribution < 1.29 is 4.39 Å². The topological polar surface area (TPSA) is 24.1 Å². The maximum Gasteiger partial charge on any atom is 0.143 e. The van der Waals surface area contributed by atoms with Gasteiger partial charge in [-0.05, 0) is 31.7 Å². The monoisotopic (exact) mass is 240 g/mol. The van der Waals surface area contributed by atoms with Crippen LogP contribution in [-0.4, -0.2) is 12.1 Å². The maximum atomic E-state index is 13.3. The van der Waals surface area contributed by atoms with Crippen molar-refractivity contribution in [1.82, 2.24) is 0 Å². The number of hydrogen-bond acceptors (Lipinski definition) is 2. The highest BCUT2D eigenvalue weighted by atomic mass is 35.5. The van der Waals surface area contributed by atoms with E-state index in [1.165, 1.54) is 25.3 Å². The molecule has 0 atom stereocenters. The van der Waals surface area contributed by atoms with E-state index < -0.39 is 0 Å². The van der Waals surface area contributed by atoms with Crippen LogP contribution in [0.3, 0.4) is 0 Å². The van der Waals surface area contributed by atoms with Crippen LogP contribution in [0.25, 0.3) is 0 Å². The highest BCUT2D eigenvalue weighted by Crippen LogP contribution is 2.42. The van der Waals surface area contributed by atoms with Gasteiger partial charge in [-0.15, -0.1) is 0 Å². The van der Waals surface area contributed by atoms with Crippen molar-refractivity contribution in [2.75, 3.05) is 17.2 Å². The van der Waals surface area contributed by atoms with Crippen molar-refractivity contribution in [3.05, 3.63) is 23.0 Å². The van der Waals surface area contributed by atoms with Gasteiger partial charge in [0, 0.05) is 18.2 Å². The first-order valence-corrected chi connectivity index (χ1v) is 6.07. The molecular formula is C12H14ClFN2.